The van der Waals surface area contributed by atoms with Crippen LogP contribution < -0.4 is 0 Å². The van der Waals surface area contributed by atoms with Crippen LogP contribution >= 0.6 is 0 Å². The molecule has 7 atom stereocenters. The Bertz CT molecular complexity index is 667. The van der Waals surface area contributed by atoms with Gasteiger partial charge in [-0.2, -0.15) is 0 Å². The van der Waals surface area contributed by atoms with E-state index in [0.717, 1.165) is 5.57 Å². The number of carbonyl (C=O) groups excluding carboxylic acids is 1. The quantitative estimate of drug-likeness (QED) is 0.366. The Hall–Kier alpha value is -1.70. The zero-order chi connectivity index (χ0) is 23.1. The summed E-state index contributed by atoms with van der Waals surface area (Å²) in [4.78, 5) is 23.4. The van der Waals surface area contributed by atoms with Crippen molar-refractivity contribution in [3.05, 3.63) is 23.8 Å². The molecule has 2 rings (SSSR count). The number of fused-ring (bicyclic) bond motifs is 1. The van der Waals surface area contributed by atoms with E-state index in [1.807, 2.05) is 26.0 Å². The average Bonchev–Trinajstić information content (AvgIpc) is 2.67. The summed E-state index contributed by atoms with van der Waals surface area (Å²) in [5.74, 6) is -1.22. The minimum absolute atomic E-state index is 0.0163. The molecule has 2 aliphatic rings. The van der Waals surface area contributed by atoms with Gasteiger partial charge < -0.3 is 25.2 Å². The highest BCUT2D eigenvalue weighted by Gasteiger charge is 2.42. The molecule has 0 saturated carbocycles. The van der Waals surface area contributed by atoms with Gasteiger partial charge in [0.2, 0.25) is 0 Å². The minimum Gasteiger partial charge on any atom is -0.481 e. The second-order valence-electron chi connectivity index (χ2n) is 9.08. The van der Waals surface area contributed by atoms with Crippen LogP contribution in [0, 0.1) is 23.7 Å². The highest BCUT2D eigenvalue weighted by Crippen LogP contribution is 2.44. The molecule has 0 aromatic rings. The number of ether oxygens (including phenoxy) is 1. The molecule has 0 heterocycles. The van der Waals surface area contributed by atoms with Gasteiger partial charge in [0, 0.05) is 12.3 Å². The Morgan fingerprint density at radius 2 is 1.87 bits per heavy atom. The van der Waals surface area contributed by atoms with Gasteiger partial charge in [0.1, 0.15) is 6.10 Å². The van der Waals surface area contributed by atoms with Crippen molar-refractivity contribution >= 4 is 11.9 Å². The molecule has 7 heteroatoms. The summed E-state index contributed by atoms with van der Waals surface area (Å²) in [6.07, 6.45) is 5.40. The SMILES string of the molecule is CCC(CC)C(=O)O[C@H]1C[C@H](O)C=C2C=C[C@H](C)[C@H](CC[C@@H](O)C[C@@H](O)CC(=O)O)[C@H]21. The smallest absolute Gasteiger partial charge is 0.309 e. The standard InChI is InChI=1S/C24H38O7/c1-4-15(5-2)24(30)31-21-12-18(26)10-16-7-6-14(3)20(23(16)21)9-8-17(25)11-19(27)13-22(28)29/h6-7,10,14-15,17-21,23,25-27H,4-5,8-9,11-13H2,1-3H3,(H,28,29)/t14-,17+,18+,19+,20-,21-,23-/m0/s1. The van der Waals surface area contributed by atoms with E-state index in [-0.39, 0.29) is 42.5 Å². The largest absolute Gasteiger partial charge is 0.481 e. The lowest BCUT2D eigenvalue weighted by Crippen LogP contribution is -2.43. The molecular formula is C24H38O7. The first-order chi connectivity index (χ1) is 14.7. The Balaban J connectivity index is 2.10. The molecule has 0 fully saturated rings. The second kappa shape index (κ2) is 11.8. The monoisotopic (exact) mass is 438 g/mol. The minimum atomic E-state index is -1.09. The van der Waals surface area contributed by atoms with E-state index in [2.05, 4.69) is 13.0 Å². The number of rotatable bonds is 11. The summed E-state index contributed by atoms with van der Waals surface area (Å²) in [5.41, 5.74) is 0.963. The van der Waals surface area contributed by atoms with Gasteiger partial charge >= 0.3 is 11.9 Å². The van der Waals surface area contributed by atoms with Crippen LogP contribution in [-0.4, -0.2) is 56.8 Å². The van der Waals surface area contributed by atoms with E-state index in [9.17, 15) is 24.9 Å². The number of aliphatic hydroxyl groups is 3. The summed E-state index contributed by atoms with van der Waals surface area (Å²) in [7, 11) is 0. The molecule has 0 aromatic heterocycles. The van der Waals surface area contributed by atoms with E-state index in [1.54, 1.807) is 0 Å². The fraction of sp³-hybridized carbons (Fsp3) is 0.750. The maximum Gasteiger partial charge on any atom is 0.309 e. The predicted molar refractivity (Wildman–Crippen MR) is 116 cm³/mol. The summed E-state index contributed by atoms with van der Waals surface area (Å²) in [6, 6.07) is 0. The molecular weight excluding hydrogens is 400 g/mol. The molecule has 0 amide bonds. The van der Waals surface area contributed by atoms with Gasteiger partial charge in [-0.15, -0.1) is 0 Å². The van der Waals surface area contributed by atoms with E-state index in [4.69, 9.17) is 9.84 Å². The van der Waals surface area contributed by atoms with Crippen LogP contribution in [0.2, 0.25) is 0 Å². The highest BCUT2D eigenvalue weighted by molar-refractivity contribution is 5.72. The Labute approximate surface area is 184 Å². The van der Waals surface area contributed by atoms with Gasteiger partial charge in [-0.05, 0) is 49.5 Å². The topological polar surface area (TPSA) is 124 Å². The van der Waals surface area contributed by atoms with Crippen molar-refractivity contribution in [2.75, 3.05) is 0 Å². The van der Waals surface area contributed by atoms with Gasteiger partial charge in [-0.1, -0.05) is 39.0 Å². The third kappa shape index (κ3) is 7.16. The summed E-state index contributed by atoms with van der Waals surface area (Å²) in [5, 5.41) is 39.2. The molecule has 0 saturated heterocycles. The number of hydrogen-bond acceptors (Lipinski definition) is 6. The zero-order valence-electron chi connectivity index (χ0n) is 18.8. The maximum absolute atomic E-state index is 12.7. The molecule has 176 valence electrons. The average molecular weight is 439 g/mol. The van der Waals surface area contributed by atoms with Gasteiger partial charge in [0.05, 0.1) is 30.7 Å². The Morgan fingerprint density at radius 1 is 1.19 bits per heavy atom. The molecule has 0 radical (unpaired) electrons. The zero-order valence-corrected chi connectivity index (χ0v) is 18.8. The van der Waals surface area contributed by atoms with Gasteiger partial charge in [-0.25, -0.2) is 0 Å². The van der Waals surface area contributed by atoms with E-state index < -0.39 is 30.4 Å². The highest BCUT2D eigenvalue weighted by atomic mass is 16.5. The van der Waals surface area contributed by atoms with Gasteiger partial charge in [0.15, 0.2) is 0 Å². The van der Waals surface area contributed by atoms with Crippen molar-refractivity contribution in [2.24, 2.45) is 23.7 Å². The first kappa shape index (κ1) is 25.6. The summed E-state index contributed by atoms with van der Waals surface area (Å²) in [6.45, 7) is 6.02. The normalized spacial score (nSPS) is 29.8. The summed E-state index contributed by atoms with van der Waals surface area (Å²) >= 11 is 0. The maximum atomic E-state index is 12.7. The lowest BCUT2D eigenvalue weighted by molar-refractivity contribution is -0.160. The van der Waals surface area contributed by atoms with Crippen molar-refractivity contribution in [1.82, 2.24) is 0 Å². The number of esters is 1. The van der Waals surface area contributed by atoms with Crippen molar-refractivity contribution in [2.45, 2.75) is 90.1 Å². The summed E-state index contributed by atoms with van der Waals surface area (Å²) < 4.78 is 5.93. The number of carboxylic acid groups (broad SMARTS) is 1. The molecule has 2 aliphatic carbocycles. The number of carbonyl (C=O) groups is 2. The van der Waals surface area contributed by atoms with E-state index >= 15 is 0 Å². The Morgan fingerprint density at radius 3 is 2.48 bits per heavy atom. The van der Waals surface area contributed by atoms with Crippen LogP contribution in [0.15, 0.2) is 23.8 Å². The van der Waals surface area contributed by atoms with E-state index in [1.165, 1.54) is 0 Å². The lowest BCUT2D eigenvalue weighted by atomic mass is 9.66. The third-order valence-corrected chi connectivity index (χ3v) is 6.75. The first-order valence-electron chi connectivity index (χ1n) is 11.5. The van der Waals surface area contributed by atoms with Gasteiger partial charge in [-0.3, -0.25) is 9.59 Å². The molecule has 7 nitrogen and oxygen atoms in total. The fourth-order valence-corrected chi connectivity index (χ4v) is 4.96. The molecule has 0 unspecified atom stereocenters. The number of hydrogen-bond donors (Lipinski definition) is 4. The van der Waals surface area contributed by atoms with Crippen LogP contribution in [0.4, 0.5) is 0 Å². The van der Waals surface area contributed by atoms with Crippen molar-refractivity contribution in [3.63, 3.8) is 0 Å². The molecule has 0 aromatic carbocycles. The Kier molecular flexibility index (Phi) is 9.72. The van der Waals surface area contributed by atoms with Gasteiger partial charge in [0.25, 0.3) is 0 Å². The second-order valence-corrected chi connectivity index (χ2v) is 9.08. The number of aliphatic hydroxyl groups excluding tert-OH is 3. The molecule has 0 aliphatic heterocycles. The lowest BCUT2D eigenvalue weighted by Gasteiger charge is -2.43. The number of allylic oxidation sites excluding steroid dienone is 2. The van der Waals surface area contributed by atoms with Crippen LogP contribution in [0.3, 0.4) is 0 Å². The van der Waals surface area contributed by atoms with E-state index in [0.29, 0.717) is 32.1 Å². The van der Waals surface area contributed by atoms with Crippen LogP contribution in [-0.2, 0) is 14.3 Å². The molecule has 31 heavy (non-hydrogen) atoms. The van der Waals surface area contributed by atoms with Crippen molar-refractivity contribution in [1.29, 1.82) is 0 Å². The first-order valence-corrected chi connectivity index (χ1v) is 11.5. The van der Waals surface area contributed by atoms with Crippen LogP contribution in [0.25, 0.3) is 0 Å². The fourth-order valence-electron chi connectivity index (χ4n) is 4.96. The predicted octanol–water partition coefficient (Wildman–Crippen LogP) is 2.83. The van der Waals surface area contributed by atoms with Crippen molar-refractivity contribution in [3.8, 4) is 0 Å². The molecule has 4 N–H and O–H groups in total. The van der Waals surface area contributed by atoms with Crippen LogP contribution in [0.5, 0.6) is 0 Å². The van der Waals surface area contributed by atoms with Crippen LogP contribution in [0.1, 0.15) is 65.7 Å². The molecule has 0 spiro atoms. The number of aliphatic carboxylic acids is 1. The van der Waals surface area contributed by atoms with Crippen molar-refractivity contribution < 1.29 is 34.8 Å². The molecule has 0 bridgehead atoms. The number of carboxylic acids is 1. The third-order valence-electron chi connectivity index (χ3n) is 6.75.